The molecule has 2 rings (SSSR count). The van der Waals surface area contributed by atoms with E-state index in [1.54, 1.807) is 51.1 Å². The third kappa shape index (κ3) is 5.58. The Morgan fingerprint density at radius 2 is 1.74 bits per heavy atom. The van der Waals surface area contributed by atoms with Crippen LogP contribution in [0.1, 0.15) is 20.8 Å². The molecule has 8 heteroatoms. The highest BCUT2D eigenvalue weighted by Crippen LogP contribution is 2.27. The fraction of sp³-hybridized carbons (Fsp3) is 0.267. The molecular formula is C15H16Cl2N4O2. The highest BCUT2D eigenvalue weighted by molar-refractivity contribution is 6.35. The lowest BCUT2D eigenvalue weighted by molar-refractivity contribution is 0.0635. The van der Waals surface area contributed by atoms with E-state index < -0.39 is 11.7 Å². The highest BCUT2D eigenvalue weighted by Gasteiger charge is 2.16. The molecule has 1 heterocycles. The van der Waals surface area contributed by atoms with Crippen LogP contribution in [0.5, 0.6) is 0 Å². The Morgan fingerprint density at radius 1 is 1.09 bits per heavy atom. The number of anilines is 3. The van der Waals surface area contributed by atoms with Gasteiger partial charge in [0.1, 0.15) is 5.60 Å². The van der Waals surface area contributed by atoms with Crippen molar-refractivity contribution in [2.45, 2.75) is 26.4 Å². The van der Waals surface area contributed by atoms with Crippen molar-refractivity contribution < 1.29 is 9.53 Å². The van der Waals surface area contributed by atoms with Crippen molar-refractivity contribution in [3.63, 3.8) is 0 Å². The minimum Gasteiger partial charge on any atom is -0.444 e. The fourth-order valence-corrected chi connectivity index (χ4v) is 1.94. The van der Waals surface area contributed by atoms with Crippen molar-refractivity contribution in [1.82, 2.24) is 10.2 Å². The van der Waals surface area contributed by atoms with Gasteiger partial charge in [-0.2, -0.15) is 0 Å². The number of nitrogens with zero attached hydrogens (tertiary/aromatic N) is 2. The van der Waals surface area contributed by atoms with E-state index in [1.807, 2.05) is 0 Å². The summed E-state index contributed by atoms with van der Waals surface area (Å²) in [6.45, 7) is 5.33. The summed E-state index contributed by atoms with van der Waals surface area (Å²) in [5.74, 6) is 0.742. The van der Waals surface area contributed by atoms with Crippen LogP contribution in [-0.4, -0.2) is 21.9 Å². The number of ether oxygens (including phenoxy) is 1. The smallest absolute Gasteiger partial charge is 0.413 e. The summed E-state index contributed by atoms with van der Waals surface area (Å²) in [7, 11) is 0. The van der Waals surface area contributed by atoms with E-state index in [9.17, 15) is 4.79 Å². The summed E-state index contributed by atoms with van der Waals surface area (Å²) in [5, 5.41) is 14.4. The van der Waals surface area contributed by atoms with E-state index in [0.717, 1.165) is 0 Å². The van der Waals surface area contributed by atoms with E-state index in [1.165, 1.54) is 0 Å². The van der Waals surface area contributed by atoms with Crippen LogP contribution in [0.2, 0.25) is 10.0 Å². The van der Waals surface area contributed by atoms with Crippen LogP contribution in [0.3, 0.4) is 0 Å². The Labute approximate surface area is 144 Å². The van der Waals surface area contributed by atoms with E-state index in [0.29, 0.717) is 21.6 Å². The van der Waals surface area contributed by atoms with Crippen molar-refractivity contribution in [1.29, 1.82) is 0 Å². The molecule has 0 aliphatic rings. The molecule has 0 spiro atoms. The van der Waals surface area contributed by atoms with Crippen LogP contribution >= 0.6 is 23.2 Å². The summed E-state index contributed by atoms with van der Waals surface area (Å²) >= 11 is 12.0. The molecule has 122 valence electrons. The quantitative estimate of drug-likeness (QED) is 0.821. The normalized spacial score (nSPS) is 11.0. The minimum absolute atomic E-state index is 0.280. The van der Waals surface area contributed by atoms with Crippen molar-refractivity contribution in [3.05, 3.63) is 40.4 Å². The molecule has 6 nitrogen and oxygen atoms in total. The summed E-state index contributed by atoms with van der Waals surface area (Å²) in [4.78, 5) is 11.6. The van der Waals surface area contributed by atoms with Gasteiger partial charge in [0.15, 0.2) is 11.6 Å². The molecule has 0 aliphatic carbocycles. The SMILES string of the molecule is CC(C)(C)OC(=O)Nc1ccc(Nc2cc(Cl)ccc2Cl)nn1. The Bertz CT molecular complexity index is 700. The molecule has 0 saturated carbocycles. The van der Waals surface area contributed by atoms with Gasteiger partial charge in [0, 0.05) is 5.02 Å². The molecule has 0 atom stereocenters. The molecule has 0 radical (unpaired) electrons. The van der Waals surface area contributed by atoms with E-state index in [4.69, 9.17) is 27.9 Å². The first-order valence-electron chi connectivity index (χ1n) is 6.79. The number of hydrogen-bond donors (Lipinski definition) is 2. The fourth-order valence-electron chi connectivity index (χ4n) is 1.61. The largest absolute Gasteiger partial charge is 0.444 e. The third-order valence-corrected chi connectivity index (χ3v) is 3.05. The second kappa shape index (κ2) is 7.02. The lowest BCUT2D eigenvalue weighted by atomic mass is 10.2. The predicted octanol–water partition coefficient (Wildman–Crippen LogP) is 4.87. The molecular weight excluding hydrogens is 339 g/mol. The standard InChI is InChI=1S/C15H16Cl2N4O2/c1-15(2,3)23-14(22)19-13-7-6-12(20-21-13)18-11-8-9(16)4-5-10(11)17/h4-8H,1-3H3,(H,18,20)(H,19,21,22). The first-order chi connectivity index (χ1) is 10.7. The molecule has 1 aromatic heterocycles. The first-order valence-corrected chi connectivity index (χ1v) is 7.54. The molecule has 23 heavy (non-hydrogen) atoms. The van der Waals surface area contributed by atoms with Crippen LogP contribution in [0.25, 0.3) is 0 Å². The average molecular weight is 355 g/mol. The van der Waals surface area contributed by atoms with E-state index in [2.05, 4.69) is 20.8 Å². The second-order valence-electron chi connectivity index (χ2n) is 5.68. The Morgan fingerprint density at radius 3 is 2.35 bits per heavy atom. The Hall–Kier alpha value is -2.05. The summed E-state index contributed by atoms with van der Waals surface area (Å²) in [5.41, 5.74) is 0.0313. The second-order valence-corrected chi connectivity index (χ2v) is 6.52. The Kier molecular flexibility index (Phi) is 5.28. The summed E-state index contributed by atoms with van der Waals surface area (Å²) in [6.07, 6.45) is -0.592. The van der Waals surface area contributed by atoms with Crippen LogP contribution < -0.4 is 10.6 Å². The summed E-state index contributed by atoms with van der Waals surface area (Å²) in [6, 6.07) is 8.29. The van der Waals surface area contributed by atoms with Crippen molar-refractivity contribution >= 4 is 46.6 Å². The van der Waals surface area contributed by atoms with Gasteiger partial charge in [0.25, 0.3) is 0 Å². The van der Waals surface area contributed by atoms with Gasteiger partial charge in [-0.25, -0.2) is 4.79 Å². The molecule has 1 amide bonds. The van der Waals surface area contributed by atoms with Crippen LogP contribution in [-0.2, 0) is 4.74 Å². The number of carbonyl (C=O) groups is 1. The molecule has 1 aromatic carbocycles. The summed E-state index contributed by atoms with van der Waals surface area (Å²) < 4.78 is 5.13. The maximum Gasteiger partial charge on any atom is 0.413 e. The van der Waals surface area contributed by atoms with Gasteiger partial charge in [-0.15, -0.1) is 10.2 Å². The van der Waals surface area contributed by atoms with Gasteiger partial charge >= 0.3 is 6.09 Å². The molecule has 0 saturated heterocycles. The number of carbonyl (C=O) groups excluding carboxylic acids is 1. The van der Waals surface area contributed by atoms with Crippen LogP contribution in [0.4, 0.5) is 22.1 Å². The van der Waals surface area contributed by atoms with Crippen LogP contribution in [0, 0.1) is 0 Å². The zero-order valence-electron chi connectivity index (χ0n) is 12.9. The number of nitrogens with one attached hydrogen (secondary N) is 2. The molecule has 0 fully saturated rings. The minimum atomic E-state index is -0.592. The number of halogens is 2. The van der Waals surface area contributed by atoms with Gasteiger partial charge in [-0.1, -0.05) is 23.2 Å². The zero-order valence-corrected chi connectivity index (χ0v) is 14.4. The first kappa shape index (κ1) is 17.3. The topological polar surface area (TPSA) is 76.1 Å². The Balaban J connectivity index is 2.02. The van der Waals surface area contributed by atoms with Gasteiger partial charge in [-0.3, -0.25) is 5.32 Å². The highest BCUT2D eigenvalue weighted by atomic mass is 35.5. The van der Waals surface area contributed by atoms with Crippen molar-refractivity contribution in [2.75, 3.05) is 10.6 Å². The third-order valence-electron chi connectivity index (χ3n) is 2.48. The lowest BCUT2D eigenvalue weighted by Gasteiger charge is -2.19. The molecule has 2 N–H and O–H groups in total. The molecule has 0 bridgehead atoms. The monoisotopic (exact) mass is 354 g/mol. The van der Waals surface area contributed by atoms with Crippen molar-refractivity contribution in [2.24, 2.45) is 0 Å². The van der Waals surface area contributed by atoms with Gasteiger partial charge < -0.3 is 10.1 Å². The molecule has 0 aliphatic heterocycles. The molecule has 2 aromatic rings. The van der Waals surface area contributed by atoms with Crippen LogP contribution in [0.15, 0.2) is 30.3 Å². The van der Waals surface area contributed by atoms with Gasteiger partial charge in [0.05, 0.1) is 10.7 Å². The lowest BCUT2D eigenvalue weighted by Crippen LogP contribution is -2.27. The number of aromatic nitrogens is 2. The number of rotatable bonds is 3. The van der Waals surface area contributed by atoms with E-state index >= 15 is 0 Å². The maximum absolute atomic E-state index is 11.6. The van der Waals surface area contributed by atoms with E-state index in [-0.39, 0.29) is 5.82 Å². The predicted molar refractivity (Wildman–Crippen MR) is 91.6 cm³/mol. The van der Waals surface area contributed by atoms with Gasteiger partial charge in [0.2, 0.25) is 0 Å². The molecule has 0 unspecified atom stereocenters. The zero-order chi connectivity index (χ0) is 17.0. The number of hydrogen-bond acceptors (Lipinski definition) is 5. The number of benzene rings is 1. The average Bonchev–Trinajstić information content (AvgIpc) is 2.43. The van der Waals surface area contributed by atoms with Crippen molar-refractivity contribution in [3.8, 4) is 0 Å². The number of amides is 1. The maximum atomic E-state index is 11.6. The van der Waals surface area contributed by atoms with Gasteiger partial charge in [-0.05, 0) is 51.1 Å².